The van der Waals surface area contributed by atoms with Crippen molar-refractivity contribution < 1.29 is 17.7 Å². The summed E-state index contributed by atoms with van der Waals surface area (Å²) in [6.45, 7) is 2.61. The zero-order valence-electron chi connectivity index (χ0n) is 6.80. The van der Waals surface area contributed by atoms with Crippen molar-refractivity contribution in [3.63, 3.8) is 0 Å². The summed E-state index contributed by atoms with van der Waals surface area (Å²) in [5, 5.41) is 0. The Morgan fingerprint density at radius 1 is 1.45 bits per heavy atom. The van der Waals surface area contributed by atoms with Crippen LogP contribution >= 0.6 is 0 Å². The third-order valence-electron chi connectivity index (χ3n) is 1.29. The van der Waals surface area contributed by atoms with Gasteiger partial charge in [0, 0.05) is 20.3 Å². The lowest BCUT2D eigenvalue weighted by Crippen LogP contribution is -2.43. The Balaban J connectivity index is 4.06. The van der Waals surface area contributed by atoms with Crippen LogP contribution in [0, 0.1) is 0 Å². The molecule has 11 heavy (non-hydrogen) atoms. The zero-order chi connectivity index (χ0) is 8.74. The lowest BCUT2D eigenvalue weighted by Gasteiger charge is -2.23. The number of rotatable bonds is 6. The van der Waals surface area contributed by atoms with Gasteiger partial charge in [0.15, 0.2) is 6.86 Å². The maximum Gasteiger partial charge on any atom is 0.506 e. The van der Waals surface area contributed by atoms with Crippen molar-refractivity contribution in [2.24, 2.45) is 0 Å². The zero-order valence-corrected chi connectivity index (χ0v) is 7.80. The first-order chi connectivity index (χ1) is 5.24. The molecule has 0 spiro atoms. The largest absolute Gasteiger partial charge is 0.506 e. The normalized spacial score (nSPS) is 11.5. The molecule has 0 aromatic heterocycles. The van der Waals surface area contributed by atoms with E-state index in [2.05, 4.69) is 6.58 Å². The van der Waals surface area contributed by atoms with Gasteiger partial charge in [0.2, 0.25) is 0 Å². The number of allylic oxidation sites excluding steroid dienone is 1. The fourth-order valence-corrected chi connectivity index (χ4v) is 2.06. The monoisotopic (exact) mass is 180 g/mol. The molecule has 0 amide bonds. The number of halogens is 1. The van der Waals surface area contributed by atoms with E-state index in [0.717, 1.165) is 0 Å². The highest BCUT2D eigenvalue weighted by molar-refractivity contribution is 6.61. The average Bonchev–Trinajstić information content (AvgIpc) is 2.04. The molecular formula is C6H13FO3Si. The molecule has 0 N–H and O–H groups in total. The van der Waals surface area contributed by atoms with Crippen molar-refractivity contribution in [2.75, 3.05) is 21.1 Å². The molecule has 0 aliphatic rings. The standard InChI is InChI=1S/C6H13FO3Si/c1-4-5-11(8-2,9-3)10-6-7/h4H,1,5-6H2,2-3H3. The predicted octanol–water partition coefficient (Wildman–Crippen LogP) is 1.35. The maximum atomic E-state index is 11.8. The summed E-state index contributed by atoms with van der Waals surface area (Å²) >= 11 is 0. The maximum absolute atomic E-state index is 11.8. The molecule has 0 saturated heterocycles. The molecule has 0 aromatic rings. The average molecular weight is 180 g/mol. The second-order valence-corrected chi connectivity index (χ2v) is 4.72. The number of hydrogen-bond donors (Lipinski definition) is 0. The van der Waals surface area contributed by atoms with Crippen molar-refractivity contribution >= 4 is 8.80 Å². The van der Waals surface area contributed by atoms with Crippen LogP contribution in [0.15, 0.2) is 12.7 Å². The Hall–Kier alpha value is -0.233. The molecule has 0 fully saturated rings. The van der Waals surface area contributed by atoms with Crippen LogP contribution in [-0.2, 0) is 13.3 Å². The Bertz CT molecular complexity index is 116. The van der Waals surface area contributed by atoms with E-state index >= 15 is 0 Å². The Morgan fingerprint density at radius 2 is 2.00 bits per heavy atom. The SMILES string of the molecule is C=CC[Si](OC)(OC)OCF. The number of alkyl halides is 1. The molecule has 0 aromatic carbocycles. The minimum absolute atomic E-state index is 0.421. The summed E-state index contributed by atoms with van der Waals surface area (Å²) in [5.41, 5.74) is 0. The van der Waals surface area contributed by atoms with E-state index in [-0.39, 0.29) is 0 Å². The summed E-state index contributed by atoms with van der Waals surface area (Å²) in [4.78, 5) is 0. The summed E-state index contributed by atoms with van der Waals surface area (Å²) < 4.78 is 26.4. The Morgan fingerprint density at radius 3 is 2.27 bits per heavy atom. The quantitative estimate of drug-likeness (QED) is 0.456. The van der Waals surface area contributed by atoms with Crippen LogP contribution in [-0.4, -0.2) is 29.9 Å². The highest BCUT2D eigenvalue weighted by Crippen LogP contribution is 2.13. The molecule has 3 nitrogen and oxygen atoms in total. The third kappa shape index (κ3) is 3.11. The van der Waals surface area contributed by atoms with Gasteiger partial charge in [-0.1, -0.05) is 6.08 Å². The third-order valence-corrected chi connectivity index (χ3v) is 3.87. The summed E-state index contributed by atoms with van der Waals surface area (Å²) in [5.74, 6) is 0. The molecule has 0 aliphatic heterocycles. The molecule has 0 bridgehead atoms. The number of hydrogen-bond acceptors (Lipinski definition) is 3. The van der Waals surface area contributed by atoms with Crippen LogP contribution in [0.2, 0.25) is 6.04 Å². The van der Waals surface area contributed by atoms with E-state index < -0.39 is 15.7 Å². The Kier molecular flexibility index (Phi) is 5.31. The van der Waals surface area contributed by atoms with Gasteiger partial charge in [0.1, 0.15) is 0 Å². The highest BCUT2D eigenvalue weighted by atomic mass is 28.4. The van der Waals surface area contributed by atoms with Crippen LogP contribution in [0.5, 0.6) is 0 Å². The Labute approximate surface area is 67.1 Å². The van der Waals surface area contributed by atoms with Crippen LogP contribution in [0.1, 0.15) is 0 Å². The smallest absolute Gasteiger partial charge is 0.377 e. The topological polar surface area (TPSA) is 27.7 Å². The van der Waals surface area contributed by atoms with Gasteiger partial charge in [-0.05, 0) is 0 Å². The van der Waals surface area contributed by atoms with Crippen LogP contribution < -0.4 is 0 Å². The van der Waals surface area contributed by atoms with Crippen molar-refractivity contribution in [3.05, 3.63) is 12.7 Å². The molecular weight excluding hydrogens is 167 g/mol. The first kappa shape index (κ1) is 10.8. The molecule has 0 radical (unpaired) electrons. The first-order valence-electron chi connectivity index (χ1n) is 3.15. The molecule has 66 valence electrons. The van der Waals surface area contributed by atoms with Gasteiger partial charge >= 0.3 is 8.80 Å². The van der Waals surface area contributed by atoms with Gasteiger partial charge in [-0.3, -0.25) is 0 Å². The fourth-order valence-electron chi connectivity index (χ4n) is 0.687. The van der Waals surface area contributed by atoms with Gasteiger partial charge in [0.05, 0.1) is 0 Å². The molecule has 0 saturated carbocycles. The molecule has 0 rings (SSSR count). The van der Waals surface area contributed by atoms with Crippen LogP contribution in [0.25, 0.3) is 0 Å². The van der Waals surface area contributed by atoms with E-state index in [1.54, 1.807) is 6.08 Å². The van der Waals surface area contributed by atoms with Crippen molar-refractivity contribution in [3.8, 4) is 0 Å². The highest BCUT2D eigenvalue weighted by Gasteiger charge is 2.37. The summed E-state index contributed by atoms with van der Waals surface area (Å²) in [6.07, 6.45) is 1.59. The summed E-state index contributed by atoms with van der Waals surface area (Å²) in [7, 11) is 0.142. The van der Waals surface area contributed by atoms with Gasteiger partial charge in [0.25, 0.3) is 0 Å². The van der Waals surface area contributed by atoms with Crippen LogP contribution in [0.3, 0.4) is 0 Å². The lowest BCUT2D eigenvalue weighted by molar-refractivity contribution is 0.0602. The van der Waals surface area contributed by atoms with Gasteiger partial charge in [-0.15, -0.1) is 6.58 Å². The van der Waals surface area contributed by atoms with E-state index in [0.29, 0.717) is 6.04 Å². The van der Waals surface area contributed by atoms with Crippen molar-refractivity contribution in [2.45, 2.75) is 6.04 Å². The van der Waals surface area contributed by atoms with Gasteiger partial charge in [-0.2, -0.15) is 0 Å². The fraction of sp³-hybridized carbons (Fsp3) is 0.667. The second kappa shape index (κ2) is 5.42. The minimum atomic E-state index is -2.74. The van der Waals surface area contributed by atoms with Crippen molar-refractivity contribution in [1.82, 2.24) is 0 Å². The van der Waals surface area contributed by atoms with E-state index in [9.17, 15) is 4.39 Å². The van der Waals surface area contributed by atoms with E-state index in [1.807, 2.05) is 0 Å². The lowest BCUT2D eigenvalue weighted by atomic mass is 10.8. The minimum Gasteiger partial charge on any atom is -0.377 e. The molecule has 0 unspecified atom stereocenters. The van der Waals surface area contributed by atoms with Gasteiger partial charge < -0.3 is 13.3 Å². The molecule has 5 heteroatoms. The molecule has 0 atom stereocenters. The van der Waals surface area contributed by atoms with E-state index in [1.165, 1.54) is 14.2 Å². The van der Waals surface area contributed by atoms with Crippen molar-refractivity contribution in [1.29, 1.82) is 0 Å². The predicted molar refractivity (Wildman–Crippen MR) is 41.8 cm³/mol. The van der Waals surface area contributed by atoms with Gasteiger partial charge in [-0.25, -0.2) is 4.39 Å². The second-order valence-electron chi connectivity index (χ2n) is 1.84. The molecule has 0 heterocycles. The summed E-state index contributed by atoms with van der Waals surface area (Å²) in [6, 6.07) is 0.421. The van der Waals surface area contributed by atoms with E-state index in [4.69, 9.17) is 13.3 Å². The first-order valence-corrected chi connectivity index (χ1v) is 5.09. The van der Waals surface area contributed by atoms with Crippen LogP contribution in [0.4, 0.5) is 4.39 Å². The molecule has 0 aliphatic carbocycles.